The molecule has 1 N–H and O–H groups in total. The number of benzene rings is 1. The number of rotatable bonds is 4. The molecule has 2 aromatic rings. The fourth-order valence-corrected chi connectivity index (χ4v) is 1.76. The highest BCUT2D eigenvalue weighted by Gasteiger charge is 2.19. The molecule has 7 heteroatoms. The quantitative estimate of drug-likeness (QED) is 0.933. The van der Waals surface area contributed by atoms with Crippen molar-refractivity contribution in [2.75, 3.05) is 0 Å². The monoisotopic (exact) mass is 329 g/mol. The first-order chi connectivity index (χ1) is 8.99. The lowest BCUT2D eigenvalue weighted by Crippen LogP contribution is -2.23. The molecular weight excluding hydrogens is 321 g/mol. The van der Waals surface area contributed by atoms with Gasteiger partial charge in [0.1, 0.15) is 23.5 Å². The van der Waals surface area contributed by atoms with Crippen molar-refractivity contribution >= 4 is 21.9 Å². The van der Waals surface area contributed by atoms with E-state index < -0.39 is 17.9 Å². The van der Waals surface area contributed by atoms with Gasteiger partial charge in [-0.3, -0.25) is 0 Å². The van der Waals surface area contributed by atoms with Crippen LogP contribution in [0, 0.1) is 5.82 Å². The van der Waals surface area contributed by atoms with Crippen LogP contribution < -0.4 is 4.74 Å². The maximum atomic E-state index is 13.5. The molecule has 0 aliphatic heterocycles. The summed E-state index contributed by atoms with van der Waals surface area (Å²) in [7, 11) is 0. The number of carboxylic acids is 1. The fourth-order valence-electron chi connectivity index (χ4n) is 1.42. The topological polar surface area (TPSA) is 72.6 Å². The van der Waals surface area contributed by atoms with Crippen molar-refractivity contribution in [3.05, 3.63) is 34.8 Å². The van der Waals surface area contributed by atoms with Gasteiger partial charge in [0.15, 0.2) is 6.10 Å². The van der Waals surface area contributed by atoms with Crippen molar-refractivity contribution in [2.45, 2.75) is 13.0 Å². The predicted octanol–water partition coefficient (Wildman–Crippen LogP) is 3.10. The Morgan fingerprint density at radius 2 is 2.32 bits per heavy atom. The van der Waals surface area contributed by atoms with E-state index >= 15 is 0 Å². The highest BCUT2D eigenvalue weighted by atomic mass is 79.9. The van der Waals surface area contributed by atoms with E-state index in [0.717, 1.165) is 6.07 Å². The van der Waals surface area contributed by atoms with Gasteiger partial charge in [0.25, 0.3) is 0 Å². The summed E-state index contributed by atoms with van der Waals surface area (Å²) in [6.07, 6.45) is 0.253. The van der Waals surface area contributed by atoms with Crippen molar-refractivity contribution in [3.8, 4) is 17.0 Å². The molecular formula is C12H9BrFNO4. The highest BCUT2D eigenvalue weighted by molar-refractivity contribution is 9.10. The summed E-state index contributed by atoms with van der Waals surface area (Å²) in [5.74, 6) is -1.61. The predicted molar refractivity (Wildman–Crippen MR) is 67.3 cm³/mol. The van der Waals surface area contributed by atoms with Crippen molar-refractivity contribution in [2.24, 2.45) is 0 Å². The second-order valence-corrected chi connectivity index (χ2v) is 4.60. The Bertz CT molecular complexity index is 600. The second-order valence-electron chi connectivity index (χ2n) is 3.75. The third-order valence-electron chi connectivity index (χ3n) is 2.39. The number of aromatic nitrogens is 1. The molecule has 0 saturated heterocycles. The highest BCUT2D eigenvalue weighted by Crippen LogP contribution is 2.34. The molecule has 0 radical (unpaired) electrons. The lowest BCUT2D eigenvalue weighted by molar-refractivity contribution is -0.144. The summed E-state index contributed by atoms with van der Waals surface area (Å²) >= 11 is 3.06. The zero-order valence-electron chi connectivity index (χ0n) is 9.76. The van der Waals surface area contributed by atoms with Crippen LogP contribution in [-0.4, -0.2) is 22.3 Å². The number of nitrogens with zero attached hydrogens (tertiary/aromatic N) is 1. The first-order valence-corrected chi connectivity index (χ1v) is 6.07. The lowest BCUT2D eigenvalue weighted by Gasteiger charge is -2.14. The van der Waals surface area contributed by atoms with E-state index in [1.165, 1.54) is 19.3 Å². The first-order valence-electron chi connectivity index (χ1n) is 5.28. The fraction of sp³-hybridized carbons (Fsp3) is 0.167. The van der Waals surface area contributed by atoms with Crippen LogP contribution in [0.2, 0.25) is 0 Å². The third kappa shape index (κ3) is 2.93. The minimum atomic E-state index is -1.14. The van der Waals surface area contributed by atoms with Gasteiger partial charge in [-0.25, -0.2) is 9.18 Å². The van der Waals surface area contributed by atoms with E-state index in [4.69, 9.17) is 14.4 Å². The number of hydrogen-bond acceptors (Lipinski definition) is 4. The van der Waals surface area contributed by atoms with Gasteiger partial charge in [0.05, 0.1) is 4.47 Å². The average molecular weight is 330 g/mol. The molecule has 0 aliphatic carbocycles. The van der Waals surface area contributed by atoms with Gasteiger partial charge in [-0.2, -0.15) is 0 Å². The Morgan fingerprint density at radius 1 is 1.58 bits per heavy atom. The van der Waals surface area contributed by atoms with Gasteiger partial charge in [-0.05, 0) is 28.9 Å². The van der Waals surface area contributed by atoms with Crippen molar-refractivity contribution in [3.63, 3.8) is 0 Å². The van der Waals surface area contributed by atoms with Crippen LogP contribution in [-0.2, 0) is 4.79 Å². The Morgan fingerprint density at radius 3 is 2.89 bits per heavy atom. The molecule has 0 fully saturated rings. The smallest absolute Gasteiger partial charge is 0.344 e. The van der Waals surface area contributed by atoms with E-state index in [-0.39, 0.29) is 10.2 Å². The molecule has 19 heavy (non-hydrogen) atoms. The molecule has 2 rings (SSSR count). The van der Waals surface area contributed by atoms with Gasteiger partial charge < -0.3 is 14.4 Å². The number of hydrogen-bond donors (Lipinski definition) is 1. The zero-order valence-corrected chi connectivity index (χ0v) is 11.3. The molecule has 5 nitrogen and oxygen atoms in total. The van der Waals surface area contributed by atoms with Gasteiger partial charge in [0.2, 0.25) is 0 Å². The second kappa shape index (κ2) is 5.40. The van der Waals surface area contributed by atoms with Crippen LogP contribution in [0.3, 0.4) is 0 Å². The molecule has 1 heterocycles. The van der Waals surface area contributed by atoms with Gasteiger partial charge in [-0.1, -0.05) is 5.16 Å². The van der Waals surface area contributed by atoms with Crippen LogP contribution in [0.25, 0.3) is 11.3 Å². The summed E-state index contributed by atoms with van der Waals surface area (Å²) in [4.78, 5) is 10.8. The maximum Gasteiger partial charge on any atom is 0.344 e. The first kappa shape index (κ1) is 13.5. The van der Waals surface area contributed by atoms with E-state index in [1.807, 2.05) is 0 Å². The van der Waals surface area contributed by atoms with Crippen LogP contribution in [0.4, 0.5) is 4.39 Å². The van der Waals surface area contributed by atoms with Crippen LogP contribution in [0.5, 0.6) is 5.75 Å². The molecule has 0 spiro atoms. The summed E-state index contributed by atoms with van der Waals surface area (Å²) < 4.78 is 23.7. The van der Waals surface area contributed by atoms with Crippen LogP contribution in [0.15, 0.2) is 33.5 Å². The summed E-state index contributed by atoms with van der Waals surface area (Å²) in [5, 5.41) is 12.6. The maximum absolute atomic E-state index is 13.5. The average Bonchev–Trinajstić information content (AvgIpc) is 2.86. The lowest BCUT2D eigenvalue weighted by atomic mass is 10.1. The Kier molecular flexibility index (Phi) is 3.84. The van der Waals surface area contributed by atoms with Crippen molar-refractivity contribution in [1.29, 1.82) is 0 Å². The van der Waals surface area contributed by atoms with Crippen molar-refractivity contribution in [1.82, 2.24) is 5.16 Å². The van der Waals surface area contributed by atoms with E-state index in [9.17, 15) is 9.18 Å². The summed E-state index contributed by atoms with van der Waals surface area (Å²) in [6, 6.07) is 4.13. The molecule has 0 amide bonds. The van der Waals surface area contributed by atoms with Crippen LogP contribution in [0.1, 0.15) is 6.92 Å². The number of aliphatic carboxylic acids is 1. The Hall–Kier alpha value is -1.89. The standard InChI is InChI=1S/C12H9BrFNO4/c1-6(12(16)17)19-11-5-9(14)8(13)4-7(11)10-2-3-18-15-10/h2-6H,1H3,(H,16,17). The van der Waals surface area contributed by atoms with Gasteiger partial charge in [0, 0.05) is 17.7 Å². The van der Waals surface area contributed by atoms with Crippen LogP contribution >= 0.6 is 15.9 Å². The van der Waals surface area contributed by atoms with E-state index in [2.05, 4.69) is 21.1 Å². The normalized spacial score (nSPS) is 12.2. The minimum Gasteiger partial charge on any atom is -0.479 e. The molecule has 0 saturated carbocycles. The number of ether oxygens (including phenoxy) is 1. The number of carboxylic acid groups (broad SMARTS) is 1. The van der Waals surface area contributed by atoms with Gasteiger partial charge >= 0.3 is 5.97 Å². The number of halogens is 2. The summed E-state index contributed by atoms with van der Waals surface area (Å²) in [6.45, 7) is 1.36. The van der Waals surface area contributed by atoms with E-state index in [0.29, 0.717) is 11.3 Å². The Labute approximate surface area is 116 Å². The zero-order chi connectivity index (χ0) is 14.0. The SMILES string of the molecule is CC(Oc1cc(F)c(Br)cc1-c1ccon1)C(=O)O. The third-order valence-corrected chi connectivity index (χ3v) is 3.00. The molecule has 1 unspecified atom stereocenters. The Balaban J connectivity index is 2.46. The van der Waals surface area contributed by atoms with Gasteiger partial charge in [-0.15, -0.1) is 0 Å². The molecule has 1 atom stereocenters. The van der Waals surface area contributed by atoms with E-state index in [1.54, 1.807) is 6.07 Å². The van der Waals surface area contributed by atoms with Crippen molar-refractivity contribution < 1.29 is 23.6 Å². The minimum absolute atomic E-state index is 0.0875. The molecule has 100 valence electrons. The molecule has 0 bridgehead atoms. The molecule has 1 aromatic carbocycles. The molecule has 0 aliphatic rings. The number of carbonyl (C=O) groups is 1. The largest absolute Gasteiger partial charge is 0.479 e. The summed E-state index contributed by atoms with van der Waals surface area (Å²) in [5.41, 5.74) is 0.864. The molecule has 1 aromatic heterocycles.